The third-order valence-corrected chi connectivity index (χ3v) is 4.07. The van der Waals surface area contributed by atoms with Crippen molar-refractivity contribution in [3.63, 3.8) is 0 Å². The number of carbonyl (C=O) groups excluding carboxylic acids is 1. The molecule has 0 unspecified atom stereocenters. The molecule has 0 saturated carbocycles. The molecule has 0 aliphatic rings. The molecule has 5 nitrogen and oxygen atoms in total. The molecule has 1 N–H and O–H groups in total. The van der Waals surface area contributed by atoms with Gasteiger partial charge in [0.15, 0.2) is 0 Å². The van der Waals surface area contributed by atoms with E-state index in [0.717, 1.165) is 11.0 Å². The first-order valence-electron chi connectivity index (χ1n) is 7.23. The van der Waals surface area contributed by atoms with E-state index in [9.17, 15) is 4.79 Å². The van der Waals surface area contributed by atoms with E-state index in [0.29, 0.717) is 21.3 Å². The summed E-state index contributed by atoms with van der Waals surface area (Å²) < 4.78 is 1.77. The predicted octanol–water partition coefficient (Wildman–Crippen LogP) is 3.88. The summed E-state index contributed by atoms with van der Waals surface area (Å²) in [7, 11) is 0. The normalized spacial score (nSPS) is 11.7. The van der Waals surface area contributed by atoms with E-state index >= 15 is 0 Å². The molecule has 2 aromatic carbocycles. The van der Waals surface area contributed by atoms with Gasteiger partial charge in [-0.15, -0.1) is 0 Å². The van der Waals surface area contributed by atoms with Crippen LogP contribution < -0.4 is 5.43 Å². The van der Waals surface area contributed by atoms with Gasteiger partial charge in [-0.2, -0.15) is 5.10 Å². The van der Waals surface area contributed by atoms with Crippen LogP contribution in [0.4, 0.5) is 0 Å². The molecule has 1 amide bonds. The number of nitrogens with one attached hydrogen (secondary N) is 1. The van der Waals surface area contributed by atoms with Crippen LogP contribution in [-0.2, 0) is 11.3 Å². The Labute approximate surface area is 148 Å². The van der Waals surface area contributed by atoms with E-state index in [2.05, 4.69) is 15.5 Å². The number of imidazole rings is 1. The number of aromatic nitrogens is 2. The summed E-state index contributed by atoms with van der Waals surface area (Å²) in [5.41, 5.74) is 5.52. The van der Waals surface area contributed by atoms with Gasteiger partial charge >= 0.3 is 0 Å². The summed E-state index contributed by atoms with van der Waals surface area (Å²) in [5, 5.41) is 5.18. The second-order valence-electron chi connectivity index (χ2n) is 5.22. The maximum absolute atomic E-state index is 12.1. The minimum absolute atomic E-state index is 0.126. The first-order chi connectivity index (χ1) is 11.5. The zero-order valence-corrected chi connectivity index (χ0v) is 14.3. The largest absolute Gasteiger partial charge is 0.321 e. The lowest BCUT2D eigenvalue weighted by Gasteiger charge is -2.06. The number of fused-ring (bicyclic) bond motifs is 1. The molecular weight excluding hydrogens is 347 g/mol. The molecule has 1 aromatic heterocycles. The van der Waals surface area contributed by atoms with Crippen molar-refractivity contribution in [3.05, 3.63) is 64.4 Å². The van der Waals surface area contributed by atoms with Crippen molar-refractivity contribution in [2.24, 2.45) is 5.10 Å². The quantitative estimate of drug-likeness (QED) is 0.566. The molecule has 7 heteroatoms. The molecule has 0 aliphatic carbocycles. The topological polar surface area (TPSA) is 59.3 Å². The maximum atomic E-state index is 12.1. The molecule has 1 heterocycles. The van der Waals surface area contributed by atoms with Crippen LogP contribution in [-0.4, -0.2) is 21.2 Å². The summed E-state index contributed by atoms with van der Waals surface area (Å²) >= 11 is 12.1. The smallest absolute Gasteiger partial charge is 0.260 e. The van der Waals surface area contributed by atoms with Gasteiger partial charge in [-0.1, -0.05) is 35.3 Å². The highest BCUT2D eigenvalue weighted by Crippen LogP contribution is 2.21. The van der Waals surface area contributed by atoms with E-state index in [1.54, 1.807) is 36.0 Å². The monoisotopic (exact) mass is 360 g/mol. The van der Waals surface area contributed by atoms with Crippen LogP contribution in [0, 0.1) is 0 Å². The van der Waals surface area contributed by atoms with Crippen LogP contribution >= 0.6 is 23.2 Å². The zero-order valence-electron chi connectivity index (χ0n) is 12.8. The summed E-state index contributed by atoms with van der Waals surface area (Å²) in [6.07, 6.45) is 1.63. The van der Waals surface area contributed by atoms with Crippen molar-refractivity contribution in [2.75, 3.05) is 0 Å². The predicted molar refractivity (Wildman–Crippen MR) is 96.5 cm³/mol. The zero-order chi connectivity index (χ0) is 17.1. The van der Waals surface area contributed by atoms with Crippen molar-refractivity contribution >= 4 is 45.9 Å². The Bertz CT molecular complexity index is 933. The number of amides is 1. The number of halogens is 2. The molecule has 0 aliphatic heterocycles. The SMILES string of the molecule is C/C(=N\NC(=O)Cn1cnc2ccccc21)c1cc(Cl)ccc1Cl. The summed E-state index contributed by atoms with van der Waals surface area (Å²) in [5.74, 6) is -0.254. The third kappa shape index (κ3) is 3.58. The molecule has 0 saturated heterocycles. The van der Waals surface area contributed by atoms with Gasteiger partial charge in [0.2, 0.25) is 0 Å². The number of hydrogen-bond acceptors (Lipinski definition) is 3. The summed E-state index contributed by atoms with van der Waals surface area (Å²) in [4.78, 5) is 16.4. The van der Waals surface area contributed by atoms with Crippen LogP contribution in [0.25, 0.3) is 11.0 Å². The second-order valence-corrected chi connectivity index (χ2v) is 6.06. The highest BCUT2D eigenvalue weighted by atomic mass is 35.5. The molecule has 0 radical (unpaired) electrons. The van der Waals surface area contributed by atoms with E-state index in [4.69, 9.17) is 23.2 Å². The standard InChI is InChI=1S/C17H14Cl2N4O/c1-11(13-8-12(18)6-7-14(13)19)21-22-17(24)9-23-10-20-15-4-2-3-5-16(15)23/h2-8,10H,9H2,1H3,(H,22,24)/b21-11+. The average Bonchev–Trinajstić information content (AvgIpc) is 2.98. The average molecular weight is 361 g/mol. The highest BCUT2D eigenvalue weighted by Gasteiger charge is 2.08. The van der Waals surface area contributed by atoms with Crippen molar-refractivity contribution in [1.29, 1.82) is 0 Å². The number of nitrogens with zero attached hydrogens (tertiary/aromatic N) is 3. The molecule has 3 rings (SSSR count). The Morgan fingerprint density at radius 2 is 2.04 bits per heavy atom. The number of rotatable bonds is 4. The first-order valence-corrected chi connectivity index (χ1v) is 7.98. The Balaban J connectivity index is 1.72. The van der Waals surface area contributed by atoms with E-state index in [1.165, 1.54) is 0 Å². The number of benzene rings is 2. The van der Waals surface area contributed by atoms with Crippen molar-refractivity contribution in [3.8, 4) is 0 Å². The molecule has 0 spiro atoms. The van der Waals surface area contributed by atoms with Crippen molar-refractivity contribution < 1.29 is 4.79 Å². The first kappa shape index (κ1) is 16.5. The van der Waals surface area contributed by atoms with Crippen LogP contribution in [0.2, 0.25) is 10.0 Å². The van der Waals surface area contributed by atoms with Gasteiger partial charge in [0, 0.05) is 15.6 Å². The van der Waals surface area contributed by atoms with Gasteiger partial charge in [-0.3, -0.25) is 4.79 Å². The van der Waals surface area contributed by atoms with E-state index in [-0.39, 0.29) is 12.5 Å². The van der Waals surface area contributed by atoms with Crippen LogP contribution in [0.15, 0.2) is 53.9 Å². The number of carbonyl (C=O) groups is 1. The Morgan fingerprint density at radius 3 is 2.88 bits per heavy atom. The number of hydrazone groups is 1. The fourth-order valence-electron chi connectivity index (χ4n) is 2.31. The Morgan fingerprint density at radius 1 is 1.25 bits per heavy atom. The minimum atomic E-state index is -0.254. The van der Waals surface area contributed by atoms with Crippen molar-refractivity contribution in [1.82, 2.24) is 15.0 Å². The Hall–Kier alpha value is -2.37. The fraction of sp³-hybridized carbons (Fsp3) is 0.118. The van der Waals surface area contributed by atoms with Gasteiger partial charge < -0.3 is 4.57 Å². The molecule has 0 atom stereocenters. The molecular formula is C17H14Cl2N4O. The Kier molecular flexibility index (Phi) is 4.83. The van der Waals surface area contributed by atoms with Crippen LogP contribution in [0.1, 0.15) is 12.5 Å². The lowest BCUT2D eigenvalue weighted by Crippen LogP contribution is -2.24. The second kappa shape index (κ2) is 7.03. The van der Waals surface area contributed by atoms with E-state index < -0.39 is 0 Å². The minimum Gasteiger partial charge on any atom is -0.321 e. The summed E-state index contributed by atoms with van der Waals surface area (Å²) in [6.45, 7) is 1.88. The third-order valence-electron chi connectivity index (χ3n) is 3.51. The fourth-order valence-corrected chi connectivity index (χ4v) is 2.73. The van der Waals surface area contributed by atoms with Gasteiger partial charge in [0.1, 0.15) is 6.54 Å². The molecule has 0 bridgehead atoms. The molecule has 3 aromatic rings. The summed E-state index contributed by atoms with van der Waals surface area (Å²) in [6, 6.07) is 12.7. The van der Waals surface area contributed by atoms with Crippen LogP contribution in [0.3, 0.4) is 0 Å². The lowest BCUT2D eigenvalue weighted by molar-refractivity contribution is -0.121. The van der Waals surface area contributed by atoms with Gasteiger partial charge in [0.05, 0.1) is 23.1 Å². The molecule has 24 heavy (non-hydrogen) atoms. The lowest BCUT2D eigenvalue weighted by atomic mass is 10.1. The maximum Gasteiger partial charge on any atom is 0.260 e. The molecule has 122 valence electrons. The van der Waals surface area contributed by atoms with Gasteiger partial charge in [-0.05, 0) is 37.3 Å². The van der Waals surface area contributed by atoms with Gasteiger partial charge in [0.25, 0.3) is 5.91 Å². The van der Waals surface area contributed by atoms with Crippen LogP contribution in [0.5, 0.6) is 0 Å². The number of hydrogen-bond donors (Lipinski definition) is 1. The highest BCUT2D eigenvalue weighted by molar-refractivity contribution is 6.36. The van der Waals surface area contributed by atoms with Crippen molar-refractivity contribution in [2.45, 2.75) is 13.5 Å². The van der Waals surface area contributed by atoms with E-state index in [1.807, 2.05) is 24.3 Å². The van der Waals surface area contributed by atoms with Gasteiger partial charge in [-0.25, -0.2) is 10.4 Å². The number of para-hydroxylation sites is 2. The molecule has 0 fully saturated rings.